The molecule has 0 spiro atoms. The number of pyridine rings is 1. The molecule has 6 nitrogen and oxygen atoms in total. The SMILES string of the molecule is Cc1nc(CCNc2ncccc2N)no1. The minimum atomic E-state index is 0.576. The molecule has 0 aliphatic rings. The van der Waals surface area contributed by atoms with Crippen LogP contribution in [0.15, 0.2) is 22.9 Å². The maximum Gasteiger partial charge on any atom is 0.223 e. The van der Waals surface area contributed by atoms with Gasteiger partial charge in [0.05, 0.1) is 5.69 Å². The van der Waals surface area contributed by atoms with Crippen LogP contribution in [0.25, 0.3) is 0 Å². The van der Waals surface area contributed by atoms with Gasteiger partial charge in [0.1, 0.15) is 5.82 Å². The molecule has 16 heavy (non-hydrogen) atoms. The second-order valence-electron chi connectivity index (χ2n) is 3.35. The Kier molecular flexibility index (Phi) is 3.00. The van der Waals surface area contributed by atoms with Crippen molar-refractivity contribution >= 4 is 11.5 Å². The lowest BCUT2D eigenvalue weighted by molar-refractivity contribution is 0.387. The molecule has 0 aliphatic carbocycles. The van der Waals surface area contributed by atoms with Crippen LogP contribution in [-0.4, -0.2) is 21.7 Å². The maximum atomic E-state index is 5.73. The third-order valence-corrected chi connectivity index (χ3v) is 2.05. The molecule has 2 rings (SSSR count). The lowest BCUT2D eigenvalue weighted by Crippen LogP contribution is -2.09. The van der Waals surface area contributed by atoms with Crippen LogP contribution in [0.5, 0.6) is 0 Å². The lowest BCUT2D eigenvalue weighted by atomic mass is 10.3. The number of hydrogen-bond acceptors (Lipinski definition) is 6. The Balaban J connectivity index is 1.87. The van der Waals surface area contributed by atoms with Crippen LogP contribution < -0.4 is 11.1 Å². The van der Waals surface area contributed by atoms with E-state index in [0.717, 1.165) is 0 Å². The molecule has 0 unspecified atom stereocenters. The number of aromatic nitrogens is 3. The highest BCUT2D eigenvalue weighted by molar-refractivity contribution is 5.60. The van der Waals surface area contributed by atoms with Crippen LogP contribution in [-0.2, 0) is 6.42 Å². The van der Waals surface area contributed by atoms with Crippen molar-refractivity contribution < 1.29 is 4.52 Å². The van der Waals surface area contributed by atoms with E-state index in [1.807, 2.05) is 0 Å². The van der Waals surface area contributed by atoms with Gasteiger partial charge < -0.3 is 15.6 Å². The normalized spacial score (nSPS) is 10.3. The van der Waals surface area contributed by atoms with Crippen molar-refractivity contribution in [3.63, 3.8) is 0 Å². The molecule has 0 atom stereocenters. The molecule has 0 saturated carbocycles. The van der Waals surface area contributed by atoms with Crippen molar-refractivity contribution in [2.45, 2.75) is 13.3 Å². The van der Waals surface area contributed by atoms with E-state index < -0.39 is 0 Å². The third kappa shape index (κ3) is 2.47. The maximum absolute atomic E-state index is 5.73. The van der Waals surface area contributed by atoms with E-state index in [4.69, 9.17) is 10.3 Å². The zero-order valence-corrected chi connectivity index (χ0v) is 8.97. The molecule has 0 fully saturated rings. The molecule has 84 valence electrons. The molecule has 2 aromatic rings. The number of aryl methyl sites for hydroxylation is 1. The van der Waals surface area contributed by atoms with Gasteiger partial charge in [-0.3, -0.25) is 0 Å². The van der Waals surface area contributed by atoms with Gasteiger partial charge in [0.25, 0.3) is 0 Å². The summed E-state index contributed by atoms with van der Waals surface area (Å²) in [5, 5.41) is 6.90. The summed E-state index contributed by atoms with van der Waals surface area (Å²) in [5.74, 6) is 1.94. The van der Waals surface area contributed by atoms with Gasteiger partial charge in [-0.25, -0.2) is 4.98 Å². The zero-order chi connectivity index (χ0) is 11.4. The molecule has 0 radical (unpaired) electrons. The van der Waals surface area contributed by atoms with E-state index in [1.165, 1.54) is 0 Å². The van der Waals surface area contributed by atoms with Gasteiger partial charge in [-0.05, 0) is 12.1 Å². The number of nitrogen functional groups attached to an aromatic ring is 1. The molecule has 0 amide bonds. The Bertz CT molecular complexity index is 468. The summed E-state index contributed by atoms with van der Waals surface area (Å²) in [6.45, 7) is 2.43. The molecular formula is C10H13N5O. The highest BCUT2D eigenvalue weighted by Gasteiger charge is 2.02. The fourth-order valence-corrected chi connectivity index (χ4v) is 1.30. The van der Waals surface area contributed by atoms with Gasteiger partial charge in [0.2, 0.25) is 5.89 Å². The van der Waals surface area contributed by atoms with Gasteiger partial charge in [0, 0.05) is 26.1 Å². The quantitative estimate of drug-likeness (QED) is 0.797. The molecule has 6 heteroatoms. The van der Waals surface area contributed by atoms with Gasteiger partial charge >= 0.3 is 0 Å². The van der Waals surface area contributed by atoms with Crippen molar-refractivity contribution in [3.8, 4) is 0 Å². The number of hydrogen-bond donors (Lipinski definition) is 2. The summed E-state index contributed by atoms with van der Waals surface area (Å²) >= 11 is 0. The van der Waals surface area contributed by atoms with Crippen molar-refractivity contribution in [1.29, 1.82) is 0 Å². The smallest absolute Gasteiger partial charge is 0.223 e. The number of anilines is 2. The van der Waals surface area contributed by atoms with Crippen molar-refractivity contribution in [2.75, 3.05) is 17.6 Å². The highest BCUT2D eigenvalue weighted by Crippen LogP contribution is 2.12. The number of rotatable bonds is 4. The Labute approximate surface area is 92.9 Å². The lowest BCUT2D eigenvalue weighted by Gasteiger charge is -2.05. The van der Waals surface area contributed by atoms with E-state index in [2.05, 4.69) is 20.4 Å². The minimum Gasteiger partial charge on any atom is -0.396 e. The van der Waals surface area contributed by atoms with E-state index >= 15 is 0 Å². The third-order valence-electron chi connectivity index (χ3n) is 2.05. The van der Waals surface area contributed by atoms with Gasteiger partial charge in [0.15, 0.2) is 5.82 Å². The largest absolute Gasteiger partial charge is 0.396 e. The van der Waals surface area contributed by atoms with Crippen LogP contribution in [0.2, 0.25) is 0 Å². The van der Waals surface area contributed by atoms with Crippen LogP contribution >= 0.6 is 0 Å². The van der Waals surface area contributed by atoms with Crippen LogP contribution in [0.4, 0.5) is 11.5 Å². The van der Waals surface area contributed by atoms with Gasteiger partial charge in [-0.2, -0.15) is 4.98 Å². The predicted molar refractivity (Wildman–Crippen MR) is 59.9 cm³/mol. The topological polar surface area (TPSA) is 89.9 Å². The Morgan fingerprint density at radius 2 is 2.38 bits per heavy atom. The number of nitrogens with two attached hydrogens (primary N) is 1. The molecule has 2 aromatic heterocycles. The summed E-state index contributed by atoms with van der Waals surface area (Å²) in [4.78, 5) is 8.21. The molecular weight excluding hydrogens is 206 g/mol. The van der Waals surface area contributed by atoms with E-state index in [0.29, 0.717) is 36.2 Å². The first-order chi connectivity index (χ1) is 7.75. The zero-order valence-electron chi connectivity index (χ0n) is 8.97. The molecule has 0 aromatic carbocycles. The molecule has 0 bridgehead atoms. The van der Waals surface area contributed by atoms with Crippen LogP contribution in [0.1, 0.15) is 11.7 Å². The van der Waals surface area contributed by atoms with E-state index in [-0.39, 0.29) is 0 Å². The number of nitrogens with one attached hydrogen (secondary N) is 1. The van der Waals surface area contributed by atoms with Crippen molar-refractivity contribution in [3.05, 3.63) is 30.0 Å². The Morgan fingerprint density at radius 1 is 1.50 bits per heavy atom. The summed E-state index contributed by atoms with van der Waals surface area (Å²) in [5.41, 5.74) is 6.36. The van der Waals surface area contributed by atoms with Crippen LogP contribution in [0.3, 0.4) is 0 Å². The molecule has 0 aliphatic heterocycles. The predicted octanol–water partition coefficient (Wildman–Crippen LogP) is 1.01. The van der Waals surface area contributed by atoms with Gasteiger partial charge in [-0.1, -0.05) is 5.16 Å². The van der Waals surface area contributed by atoms with Gasteiger partial charge in [-0.15, -0.1) is 0 Å². The monoisotopic (exact) mass is 219 g/mol. The second kappa shape index (κ2) is 4.61. The molecule has 0 saturated heterocycles. The molecule has 3 N–H and O–H groups in total. The average molecular weight is 219 g/mol. The first-order valence-corrected chi connectivity index (χ1v) is 4.99. The van der Waals surface area contributed by atoms with Crippen LogP contribution in [0, 0.1) is 6.92 Å². The first-order valence-electron chi connectivity index (χ1n) is 4.99. The highest BCUT2D eigenvalue weighted by atomic mass is 16.5. The van der Waals surface area contributed by atoms with E-state index in [9.17, 15) is 0 Å². The Hall–Kier alpha value is -2.11. The summed E-state index contributed by atoms with van der Waals surface area (Å²) < 4.78 is 4.86. The minimum absolute atomic E-state index is 0.576. The fraction of sp³-hybridized carbons (Fsp3) is 0.300. The van der Waals surface area contributed by atoms with E-state index in [1.54, 1.807) is 25.3 Å². The number of nitrogens with zero attached hydrogens (tertiary/aromatic N) is 3. The standard InChI is InChI=1S/C10H13N5O/c1-7-14-9(15-16-7)4-6-13-10-8(11)3-2-5-12-10/h2-3,5H,4,6,11H2,1H3,(H,12,13). The summed E-state index contributed by atoms with van der Waals surface area (Å²) in [7, 11) is 0. The Morgan fingerprint density at radius 3 is 3.06 bits per heavy atom. The summed E-state index contributed by atoms with van der Waals surface area (Å²) in [6, 6.07) is 3.59. The van der Waals surface area contributed by atoms with Crippen molar-refractivity contribution in [2.24, 2.45) is 0 Å². The first kappa shape index (κ1) is 10.4. The molecule has 2 heterocycles. The second-order valence-corrected chi connectivity index (χ2v) is 3.35. The average Bonchev–Trinajstić information content (AvgIpc) is 2.67. The summed E-state index contributed by atoms with van der Waals surface area (Å²) in [6.07, 6.45) is 2.37. The van der Waals surface area contributed by atoms with Crippen molar-refractivity contribution in [1.82, 2.24) is 15.1 Å². The fourth-order valence-electron chi connectivity index (χ4n) is 1.30.